The Labute approximate surface area is 145 Å². The molecule has 0 aromatic heterocycles. The predicted octanol–water partition coefficient (Wildman–Crippen LogP) is 3.32. The lowest BCUT2D eigenvalue weighted by Gasteiger charge is -2.37. The van der Waals surface area contributed by atoms with Gasteiger partial charge in [-0.15, -0.1) is 0 Å². The smallest absolute Gasteiger partial charge is 0.258 e. The normalized spacial score (nSPS) is 20.3. The number of ether oxygens (including phenoxy) is 4. The van der Waals surface area contributed by atoms with Gasteiger partial charge in [-0.3, -0.25) is 9.69 Å². The predicted molar refractivity (Wildman–Crippen MR) is 90.5 cm³/mol. The molecule has 0 N–H and O–H groups in total. The Hall–Kier alpha value is -2.89. The minimum absolute atomic E-state index is 0.0816. The maximum atomic E-state index is 13.0. The number of hydrogen-bond acceptors (Lipinski definition) is 5. The molecular weight excluding hydrogens is 322 g/mol. The molecule has 0 spiro atoms. The molecular formula is C19H19NO5. The largest absolute Gasteiger partial charge is 0.497 e. The van der Waals surface area contributed by atoms with Crippen LogP contribution in [0, 0.1) is 0 Å². The van der Waals surface area contributed by atoms with Gasteiger partial charge in [0, 0.05) is 11.1 Å². The van der Waals surface area contributed by atoms with Crippen molar-refractivity contribution >= 4 is 5.91 Å². The van der Waals surface area contributed by atoms with Crippen LogP contribution in [-0.4, -0.2) is 32.1 Å². The molecule has 2 heterocycles. The molecule has 6 heteroatoms. The highest BCUT2D eigenvalue weighted by atomic mass is 16.5. The van der Waals surface area contributed by atoms with Crippen LogP contribution in [0.1, 0.15) is 40.7 Å². The summed E-state index contributed by atoms with van der Waals surface area (Å²) in [5.41, 5.74) is 2.29. The van der Waals surface area contributed by atoms with E-state index in [1.54, 1.807) is 32.3 Å². The first-order valence-electron chi connectivity index (χ1n) is 8.02. The van der Waals surface area contributed by atoms with Crippen LogP contribution < -0.4 is 18.9 Å². The number of carbonyl (C=O) groups excluding carboxylic acids is 1. The summed E-state index contributed by atoms with van der Waals surface area (Å²) < 4.78 is 22.2. The number of carbonyl (C=O) groups is 1. The van der Waals surface area contributed by atoms with Crippen LogP contribution in [0.2, 0.25) is 0 Å². The van der Waals surface area contributed by atoms with E-state index in [0.717, 1.165) is 22.6 Å². The van der Waals surface area contributed by atoms with E-state index in [4.69, 9.17) is 18.9 Å². The van der Waals surface area contributed by atoms with Crippen LogP contribution >= 0.6 is 0 Å². The lowest BCUT2D eigenvalue weighted by molar-refractivity contribution is -0.00198. The first-order valence-corrected chi connectivity index (χ1v) is 8.02. The molecule has 0 aliphatic carbocycles. The van der Waals surface area contributed by atoms with Gasteiger partial charge in [0.15, 0.2) is 11.5 Å². The van der Waals surface area contributed by atoms with E-state index in [2.05, 4.69) is 0 Å². The highest BCUT2D eigenvalue weighted by Gasteiger charge is 2.46. The van der Waals surface area contributed by atoms with Crippen molar-refractivity contribution < 1.29 is 23.7 Å². The average molecular weight is 341 g/mol. The minimum Gasteiger partial charge on any atom is -0.497 e. The molecule has 0 unspecified atom stereocenters. The van der Waals surface area contributed by atoms with Crippen LogP contribution in [0.25, 0.3) is 0 Å². The second-order valence-corrected chi connectivity index (χ2v) is 6.06. The molecule has 2 aliphatic rings. The number of rotatable bonds is 3. The van der Waals surface area contributed by atoms with Crippen LogP contribution in [0.5, 0.6) is 23.0 Å². The summed E-state index contributed by atoms with van der Waals surface area (Å²) in [5, 5.41) is 0. The topological polar surface area (TPSA) is 57.2 Å². The molecule has 2 aliphatic heterocycles. The fourth-order valence-corrected chi connectivity index (χ4v) is 3.54. The lowest BCUT2D eigenvalue weighted by Crippen LogP contribution is -2.37. The van der Waals surface area contributed by atoms with Crippen LogP contribution in [0.3, 0.4) is 0 Å². The maximum Gasteiger partial charge on any atom is 0.258 e. The molecule has 4 rings (SSSR count). The van der Waals surface area contributed by atoms with Crippen LogP contribution in [-0.2, 0) is 0 Å². The zero-order chi connectivity index (χ0) is 17.7. The first-order chi connectivity index (χ1) is 12.1. The number of amides is 1. The number of hydrogen-bond donors (Lipinski definition) is 0. The highest BCUT2D eigenvalue weighted by molar-refractivity contribution is 6.00. The Kier molecular flexibility index (Phi) is 3.49. The Bertz CT molecular complexity index is 863. The van der Waals surface area contributed by atoms with Crippen LogP contribution in [0.4, 0.5) is 0 Å². The zero-order valence-electron chi connectivity index (χ0n) is 14.5. The molecule has 0 fully saturated rings. The van der Waals surface area contributed by atoms with Gasteiger partial charge in [0.25, 0.3) is 5.91 Å². The summed E-state index contributed by atoms with van der Waals surface area (Å²) in [6, 6.07) is 9.04. The minimum atomic E-state index is -0.474. The maximum absolute atomic E-state index is 13.0. The SMILES string of the molecule is COc1ccc2c(c1)[C@H](C)N1C(=O)c3cc(OC)c(OC)cc3[C@@H]1O2. The molecule has 6 nitrogen and oxygen atoms in total. The summed E-state index contributed by atoms with van der Waals surface area (Å²) in [7, 11) is 4.75. The van der Waals surface area contributed by atoms with Crippen molar-refractivity contribution in [3.05, 3.63) is 47.0 Å². The van der Waals surface area contributed by atoms with E-state index in [-0.39, 0.29) is 11.9 Å². The summed E-state index contributed by atoms with van der Waals surface area (Å²) in [5.74, 6) is 2.51. The Morgan fingerprint density at radius 3 is 2.36 bits per heavy atom. The van der Waals surface area contributed by atoms with Crippen molar-refractivity contribution in [1.82, 2.24) is 4.90 Å². The monoisotopic (exact) mass is 341 g/mol. The molecule has 25 heavy (non-hydrogen) atoms. The molecule has 0 radical (unpaired) electrons. The highest BCUT2D eigenvalue weighted by Crippen LogP contribution is 2.50. The van der Waals surface area contributed by atoms with E-state index in [1.807, 2.05) is 31.2 Å². The van der Waals surface area contributed by atoms with Crippen molar-refractivity contribution in [1.29, 1.82) is 0 Å². The molecule has 2 aromatic carbocycles. The molecule has 2 aromatic rings. The quantitative estimate of drug-likeness (QED) is 0.857. The van der Waals surface area contributed by atoms with Crippen molar-refractivity contribution in [2.24, 2.45) is 0 Å². The molecule has 130 valence electrons. The van der Waals surface area contributed by atoms with E-state index in [9.17, 15) is 4.79 Å². The average Bonchev–Trinajstić information content (AvgIpc) is 2.92. The number of benzene rings is 2. The third-order valence-corrected chi connectivity index (χ3v) is 4.86. The zero-order valence-corrected chi connectivity index (χ0v) is 14.5. The van der Waals surface area contributed by atoms with Gasteiger partial charge in [-0.1, -0.05) is 0 Å². The van der Waals surface area contributed by atoms with Gasteiger partial charge in [-0.2, -0.15) is 0 Å². The molecule has 1 amide bonds. The number of fused-ring (bicyclic) bond motifs is 4. The van der Waals surface area contributed by atoms with Gasteiger partial charge >= 0.3 is 0 Å². The van der Waals surface area contributed by atoms with Gasteiger partial charge < -0.3 is 18.9 Å². The van der Waals surface area contributed by atoms with Gasteiger partial charge in [0.05, 0.1) is 32.9 Å². The van der Waals surface area contributed by atoms with Gasteiger partial charge in [0.2, 0.25) is 6.23 Å². The van der Waals surface area contributed by atoms with Crippen molar-refractivity contribution in [2.75, 3.05) is 21.3 Å². The van der Waals surface area contributed by atoms with E-state index >= 15 is 0 Å². The Balaban J connectivity index is 1.83. The van der Waals surface area contributed by atoms with Gasteiger partial charge in [0.1, 0.15) is 11.5 Å². The summed E-state index contributed by atoms with van der Waals surface area (Å²) in [4.78, 5) is 14.7. The number of nitrogens with zero attached hydrogens (tertiary/aromatic N) is 1. The van der Waals surface area contributed by atoms with Crippen LogP contribution in [0.15, 0.2) is 30.3 Å². The Morgan fingerprint density at radius 1 is 0.960 bits per heavy atom. The number of methoxy groups -OCH3 is 3. The molecule has 2 atom stereocenters. The second kappa shape index (κ2) is 5.58. The summed E-state index contributed by atoms with van der Waals surface area (Å²) >= 11 is 0. The summed E-state index contributed by atoms with van der Waals surface area (Å²) in [6.07, 6.45) is -0.474. The molecule has 0 saturated carbocycles. The van der Waals surface area contributed by atoms with Crippen molar-refractivity contribution in [3.63, 3.8) is 0 Å². The lowest BCUT2D eigenvalue weighted by atomic mass is 10.0. The summed E-state index contributed by atoms with van der Waals surface area (Å²) in [6.45, 7) is 1.99. The standard InChI is InChI=1S/C19H19NO5/c1-10-12-7-11(22-2)5-6-15(12)25-19-14-9-17(24-4)16(23-3)8-13(14)18(21)20(10)19/h5-10,19H,1-4H3/t10-,19-/m0/s1. The first kappa shape index (κ1) is 15.6. The third kappa shape index (κ3) is 2.13. The second-order valence-electron chi connectivity index (χ2n) is 6.06. The van der Waals surface area contributed by atoms with E-state index < -0.39 is 6.23 Å². The van der Waals surface area contributed by atoms with Gasteiger partial charge in [-0.05, 0) is 37.3 Å². The third-order valence-electron chi connectivity index (χ3n) is 4.86. The molecule has 0 saturated heterocycles. The molecule has 0 bridgehead atoms. The van der Waals surface area contributed by atoms with E-state index in [1.165, 1.54) is 0 Å². The van der Waals surface area contributed by atoms with E-state index in [0.29, 0.717) is 17.1 Å². The van der Waals surface area contributed by atoms with Crippen molar-refractivity contribution in [2.45, 2.75) is 19.2 Å². The van der Waals surface area contributed by atoms with Crippen molar-refractivity contribution in [3.8, 4) is 23.0 Å². The van der Waals surface area contributed by atoms with Gasteiger partial charge in [-0.25, -0.2) is 0 Å². The fraction of sp³-hybridized carbons (Fsp3) is 0.316. The Morgan fingerprint density at radius 2 is 1.68 bits per heavy atom. The fourth-order valence-electron chi connectivity index (χ4n) is 3.54.